The van der Waals surface area contributed by atoms with Crippen molar-refractivity contribution in [3.05, 3.63) is 60.7 Å². The fraction of sp³-hybridized carbons (Fsp3) is 0.429. The lowest BCUT2D eigenvalue weighted by molar-refractivity contribution is 0.0398. The molecule has 198 valence electrons. The summed E-state index contributed by atoms with van der Waals surface area (Å²) in [5.41, 5.74) is 4.93. The van der Waals surface area contributed by atoms with E-state index in [9.17, 15) is 0 Å². The lowest BCUT2D eigenvalue weighted by atomic mass is 10.1. The van der Waals surface area contributed by atoms with E-state index in [-0.39, 0.29) is 0 Å². The third kappa shape index (κ3) is 5.62. The van der Waals surface area contributed by atoms with Gasteiger partial charge < -0.3 is 24.4 Å². The molecule has 0 unspecified atom stereocenters. The molecule has 2 fully saturated rings. The number of ether oxygens (including phenoxy) is 1. The summed E-state index contributed by atoms with van der Waals surface area (Å²) in [6.07, 6.45) is 5.53. The van der Waals surface area contributed by atoms with Gasteiger partial charge in [0.1, 0.15) is 5.52 Å². The summed E-state index contributed by atoms with van der Waals surface area (Å²) < 4.78 is 7.57. The van der Waals surface area contributed by atoms with Gasteiger partial charge in [0.2, 0.25) is 0 Å². The Kier molecular flexibility index (Phi) is 7.43. The third-order valence-corrected chi connectivity index (χ3v) is 7.34. The van der Waals surface area contributed by atoms with E-state index in [0.29, 0.717) is 12.4 Å². The van der Waals surface area contributed by atoms with Crippen LogP contribution in [0.25, 0.3) is 22.6 Å². The van der Waals surface area contributed by atoms with E-state index in [1.807, 2.05) is 18.6 Å². The standard InChI is InChI=1S/C28H35N9O/c1-34-10-12-36(13-11-34)24-6-2-5-23(18-24)26-32-27(30-8-9-35-14-16-38-17-15-35)25-28(33-26)37(21-31-25)20-22-4-3-7-29-19-22/h2-7,18-19,21H,8-17,20H2,1H3,(H,30,32,33). The van der Waals surface area contributed by atoms with Crippen LogP contribution in [0.5, 0.6) is 0 Å². The molecule has 0 amide bonds. The van der Waals surface area contributed by atoms with Gasteiger partial charge in [-0.25, -0.2) is 15.0 Å². The Hall–Kier alpha value is -3.60. The van der Waals surface area contributed by atoms with Gasteiger partial charge in [0, 0.05) is 76.0 Å². The Morgan fingerprint density at radius 1 is 0.974 bits per heavy atom. The molecule has 1 aromatic carbocycles. The average Bonchev–Trinajstić information content (AvgIpc) is 3.37. The van der Waals surface area contributed by atoms with Crippen LogP contribution in [-0.4, -0.2) is 107 Å². The number of piperazine rings is 1. The highest BCUT2D eigenvalue weighted by atomic mass is 16.5. The molecule has 2 aliphatic heterocycles. The Bertz CT molecular complexity index is 1350. The van der Waals surface area contributed by atoms with Gasteiger partial charge in [0.15, 0.2) is 17.3 Å². The summed E-state index contributed by atoms with van der Waals surface area (Å²) in [4.78, 5) is 26.2. The van der Waals surface area contributed by atoms with E-state index in [0.717, 1.165) is 93.7 Å². The summed E-state index contributed by atoms with van der Waals surface area (Å²) in [7, 11) is 2.18. The second kappa shape index (κ2) is 11.4. The number of pyridine rings is 1. The molecular formula is C28H35N9O. The maximum absolute atomic E-state index is 5.49. The predicted octanol–water partition coefficient (Wildman–Crippen LogP) is 2.43. The second-order valence-electron chi connectivity index (χ2n) is 10.0. The Morgan fingerprint density at radius 2 is 1.84 bits per heavy atom. The van der Waals surface area contributed by atoms with Gasteiger partial charge in [-0.15, -0.1) is 0 Å². The van der Waals surface area contributed by atoms with Gasteiger partial charge in [-0.2, -0.15) is 0 Å². The normalized spacial score (nSPS) is 17.2. The first-order chi connectivity index (χ1) is 18.7. The van der Waals surface area contributed by atoms with E-state index in [4.69, 9.17) is 19.7 Å². The van der Waals surface area contributed by atoms with Gasteiger partial charge >= 0.3 is 0 Å². The van der Waals surface area contributed by atoms with Crippen molar-refractivity contribution in [3.8, 4) is 11.4 Å². The van der Waals surface area contributed by atoms with E-state index >= 15 is 0 Å². The molecule has 2 aliphatic rings. The molecule has 0 atom stereocenters. The first kappa shape index (κ1) is 24.7. The molecule has 0 radical (unpaired) electrons. The molecule has 4 aromatic rings. The van der Waals surface area contributed by atoms with Crippen molar-refractivity contribution < 1.29 is 4.74 Å². The van der Waals surface area contributed by atoms with Crippen LogP contribution in [0.1, 0.15) is 5.56 Å². The number of anilines is 2. The van der Waals surface area contributed by atoms with Gasteiger partial charge in [-0.05, 0) is 30.8 Å². The van der Waals surface area contributed by atoms with Gasteiger partial charge in [-0.1, -0.05) is 18.2 Å². The molecule has 5 heterocycles. The SMILES string of the molecule is CN1CCN(c2cccc(-c3nc(NCCN4CCOCC4)c4ncn(Cc5cccnc5)c4n3)c2)CC1. The lowest BCUT2D eigenvalue weighted by Gasteiger charge is -2.34. The molecule has 0 saturated carbocycles. The zero-order chi connectivity index (χ0) is 25.7. The van der Waals surface area contributed by atoms with E-state index in [2.05, 4.69) is 66.9 Å². The summed E-state index contributed by atoms with van der Waals surface area (Å²) in [5.74, 6) is 1.48. The van der Waals surface area contributed by atoms with Crippen LogP contribution < -0.4 is 10.2 Å². The lowest BCUT2D eigenvalue weighted by Crippen LogP contribution is -2.44. The number of rotatable bonds is 8. The van der Waals surface area contributed by atoms with Crippen molar-refractivity contribution in [2.24, 2.45) is 0 Å². The largest absolute Gasteiger partial charge is 0.379 e. The Morgan fingerprint density at radius 3 is 2.66 bits per heavy atom. The van der Waals surface area contributed by atoms with Crippen molar-refractivity contribution in [1.29, 1.82) is 0 Å². The van der Waals surface area contributed by atoms with Gasteiger partial charge in [-0.3, -0.25) is 9.88 Å². The second-order valence-corrected chi connectivity index (χ2v) is 10.0. The predicted molar refractivity (Wildman–Crippen MR) is 150 cm³/mol. The summed E-state index contributed by atoms with van der Waals surface area (Å²) in [6, 6.07) is 12.6. The molecular weight excluding hydrogens is 478 g/mol. The van der Waals surface area contributed by atoms with Gasteiger partial charge in [0.25, 0.3) is 0 Å². The zero-order valence-corrected chi connectivity index (χ0v) is 22.0. The zero-order valence-electron chi connectivity index (χ0n) is 22.0. The topological polar surface area (TPSA) is 87.5 Å². The summed E-state index contributed by atoms with van der Waals surface area (Å²) >= 11 is 0. The Labute approximate surface area is 223 Å². The van der Waals surface area contributed by atoms with Crippen LogP contribution >= 0.6 is 0 Å². The minimum atomic E-state index is 0.648. The summed E-state index contributed by atoms with van der Waals surface area (Å²) in [5, 5.41) is 3.57. The third-order valence-electron chi connectivity index (χ3n) is 7.34. The minimum absolute atomic E-state index is 0.648. The molecule has 38 heavy (non-hydrogen) atoms. The maximum Gasteiger partial charge on any atom is 0.166 e. The molecule has 10 nitrogen and oxygen atoms in total. The van der Waals surface area contributed by atoms with Crippen molar-refractivity contribution in [3.63, 3.8) is 0 Å². The molecule has 10 heteroatoms. The number of imidazole rings is 1. The van der Waals surface area contributed by atoms with Crippen LogP contribution in [0.2, 0.25) is 0 Å². The van der Waals surface area contributed by atoms with Gasteiger partial charge in [0.05, 0.1) is 26.1 Å². The number of aromatic nitrogens is 5. The maximum atomic E-state index is 5.49. The number of nitrogens with zero attached hydrogens (tertiary/aromatic N) is 8. The van der Waals surface area contributed by atoms with Crippen LogP contribution in [0.4, 0.5) is 11.5 Å². The molecule has 2 saturated heterocycles. The van der Waals surface area contributed by atoms with Crippen LogP contribution in [0.15, 0.2) is 55.1 Å². The van der Waals surface area contributed by atoms with E-state index in [1.165, 1.54) is 5.69 Å². The van der Waals surface area contributed by atoms with Crippen molar-refractivity contribution >= 4 is 22.7 Å². The number of nitrogens with one attached hydrogen (secondary N) is 1. The molecule has 3 aromatic heterocycles. The van der Waals surface area contributed by atoms with Crippen molar-refractivity contribution in [2.75, 3.05) is 82.8 Å². The van der Waals surface area contributed by atoms with Crippen LogP contribution in [0.3, 0.4) is 0 Å². The Balaban J connectivity index is 1.31. The highest BCUT2D eigenvalue weighted by Gasteiger charge is 2.18. The molecule has 0 spiro atoms. The minimum Gasteiger partial charge on any atom is -0.379 e. The first-order valence-electron chi connectivity index (χ1n) is 13.4. The first-order valence-corrected chi connectivity index (χ1v) is 13.4. The number of fused-ring (bicyclic) bond motifs is 1. The molecule has 0 aliphatic carbocycles. The fourth-order valence-electron chi connectivity index (χ4n) is 5.06. The number of likely N-dealkylation sites (N-methyl/N-ethyl adjacent to an activating group) is 1. The monoisotopic (exact) mass is 513 g/mol. The van der Waals surface area contributed by atoms with Crippen molar-refractivity contribution in [2.45, 2.75) is 6.54 Å². The summed E-state index contributed by atoms with van der Waals surface area (Å²) in [6.45, 7) is 10.1. The number of hydrogen-bond acceptors (Lipinski definition) is 9. The van der Waals surface area contributed by atoms with Crippen molar-refractivity contribution in [1.82, 2.24) is 34.3 Å². The quantitative estimate of drug-likeness (QED) is 0.382. The molecule has 0 bridgehead atoms. The molecule has 1 N–H and O–H groups in total. The molecule has 6 rings (SSSR count). The number of hydrogen-bond donors (Lipinski definition) is 1. The highest BCUT2D eigenvalue weighted by Crippen LogP contribution is 2.28. The highest BCUT2D eigenvalue weighted by molar-refractivity contribution is 5.85. The van der Waals surface area contributed by atoms with E-state index < -0.39 is 0 Å². The van der Waals surface area contributed by atoms with Crippen LogP contribution in [-0.2, 0) is 11.3 Å². The smallest absolute Gasteiger partial charge is 0.166 e. The number of benzene rings is 1. The van der Waals surface area contributed by atoms with E-state index in [1.54, 1.807) is 6.20 Å². The average molecular weight is 514 g/mol. The number of morpholine rings is 1. The van der Waals surface area contributed by atoms with Crippen LogP contribution in [0, 0.1) is 0 Å². The fourth-order valence-corrected chi connectivity index (χ4v) is 5.06.